The Bertz CT molecular complexity index is 270. The fourth-order valence-electron chi connectivity index (χ4n) is 1.38. The van der Waals surface area contributed by atoms with E-state index in [0.717, 1.165) is 18.7 Å². The molecule has 0 spiro atoms. The Kier molecular flexibility index (Phi) is 3.67. The molecular weight excluding hydrogens is 174 g/mol. The molecule has 3 heteroatoms. The highest BCUT2D eigenvalue weighted by Crippen LogP contribution is 2.20. The average Bonchev–Trinajstić information content (AvgIpc) is 2.50. The number of hydrogen-bond acceptors (Lipinski definition) is 2. The molecule has 0 amide bonds. The number of rotatable bonds is 4. The number of aryl methyl sites for hydroxylation is 2. The van der Waals surface area contributed by atoms with Crippen molar-refractivity contribution in [1.82, 2.24) is 15.0 Å². The van der Waals surface area contributed by atoms with Gasteiger partial charge in [0.25, 0.3) is 0 Å². The van der Waals surface area contributed by atoms with Crippen LogP contribution in [0.5, 0.6) is 0 Å². The van der Waals surface area contributed by atoms with E-state index < -0.39 is 0 Å². The number of aromatic nitrogens is 3. The second-order valence-corrected chi connectivity index (χ2v) is 4.99. The monoisotopic (exact) mass is 195 g/mol. The first-order valence-corrected chi connectivity index (χ1v) is 5.40. The van der Waals surface area contributed by atoms with E-state index in [2.05, 4.69) is 38.0 Å². The van der Waals surface area contributed by atoms with Gasteiger partial charge in [0.05, 0.1) is 5.69 Å². The molecule has 0 aromatic carbocycles. The van der Waals surface area contributed by atoms with Crippen LogP contribution < -0.4 is 0 Å². The predicted molar refractivity (Wildman–Crippen MR) is 58.1 cm³/mol. The van der Waals surface area contributed by atoms with Crippen molar-refractivity contribution in [2.24, 2.45) is 5.41 Å². The lowest BCUT2D eigenvalue weighted by molar-refractivity contribution is 0.347. The molecule has 0 atom stereocenters. The molecule has 3 nitrogen and oxygen atoms in total. The van der Waals surface area contributed by atoms with E-state index >= 15 is 0 Å². The Morgan fingerprint density at radius 2 is 2.07 bits per heavy atom. The first-order chi connectivity index (χ1) is 6.51. The molecule has 1 heterocycles. The normalized spacial score (nSPS) is 12.0. The minimum atomic E-state index is 0.425. The summed E-state index contributed by atoms with van der Waals surface area (Å²) in [5.74, 6) is 0. The zero-order valence-corrected chi connectivity index (χ0v) is 9.75. The van der Waals surface area contributed by atoms with Crippen LogP contribution in [0.15, 0.2) is 6.20 Å². The summed E-state index contributed by atoms with van der Waals surface area (Å²) in [4.78, 5) is 0. The predicted octanol–water partition coefficient (Wildman–Crippen LogP) is 2.67. The molecule has 80 valence electrons. The van der Waals surface area contributed by atoms with Gasteiger partial charge in [-0.05, 0) is 24.7 Å². The second kappa shape index (κ2) is 4.58. The number of hydrogen-bond donors (Lipinski definition) is 0. The maximum absolute atomic E-state index is 4.07. The third kappa shape index (κ3) is 3.90. The van der Waals surface area contributed by atoms with Gasteiger partial charge in [-0.3, -0.25) is 4.68 Å². The van der Waals surface area contributed by atoms with Gasteiger partial charge in [0.1, 0.15) is 0 Å². The highest BCUT2D eigenvalue weighted by atomic mass is 15.4. The summed E-state index contributed by atoms with van der Waals surface area (Å²) < 4.78 is 1.95. The molecule has 0 aliphatic rings. The largest absolute Gasteiger partial charge is 0.252 e. The van der Waals surface area contributed by atoms with Crippen LogP contribution in [-0.2, 0) is 13.0 Å². The molecule has 0 aliphatic heterocycles. The van der Waals surface area contributed by atoms with E-state index in [9.17, 15) is 0 Å². The smallest absolute Gasteiger partial charge is 0.0824 e. The molecule has 0 aliphatic carbocycles. The second-order valence-electron chi connectivity index (χ2n) is 4.99. The van der Waals surface area contributed by atoms with Crippen molar-refractivity contribution < 1.29 is 0 Å². The van der Waals surface area contributed by atoms with Gasteiger partial charge in [-0.25, -0.2) is 0 Å². The van der Waals surface area contributed by atoms with E-state index in [0.29, 0.717) is 5.41 Å². The SMILES string of the molecule is CCc1cn(CCCC(C)(C)C)nn1. The third-order valence-electron chi connectivity index (χ3n) is 2.26. The third-order valence-corrected chi connectivity index (χ3v) is 2.26. The van der Waals surface area contributed by atoms with Crippen LogP contribution in [0.3, 0.4) is 0 Å². The van der Waals surface area contributed by atoms with Crippen molar-refractivity contribution >= 4 is 0 Å². The lowest BCUT2D eigenvalue weighted by Gasteiger charge is -2.17. The Labute approximate surface area is 86.5 Å². The first-order valence-electron chi connectivity index (χ1n) is 5.40. The molecule has 0 saturated heterocycles. The van der Waals surface area contributed by atoms with Gasteiger partial charge in [-0.1, -0.05) is 32.9 Å². The van der Waals surface area contributed by atoms with Crippen molar-refractivity contribution in [2.75, 3.05) is 0 Å². The van der Waals surface area contributed by atoms with Crippen LogP contribution in [-0.4, -0.2) is 15.0 Å². The molecule has 0 bridgehead atoms. The molecule has 0 N–H and O–H groups in total. The minimum Gasteiger partial charge on any atom is -0.252 e. The van der Waals surface area contributed by atoms with E-state index in [-0.39, 0.29) is 0 Å². The van der Waals surface area contributed by atoms with Crippen molar-refractivity contribution in [2.45, 2.75) is 53.5 Å². The Morgan fingerprint density at radius 3 is 2.57 bits per heavy atom. The Balaban J connectivity index is 2.31. The summed E-state index contributed by atoms with van der Waals surface area (Å²) in [5, 5.41) is 8.14. The van der Waals surface area contributed by atoms with Crippen LogP contribution in [0.25, 0.3) is 0 Å². The lowest BCUT2D eigenvalue weighted by atomic mass is 9.91. The van der Waals surface area contributed by atoms with Crippen LogP contribution in [0, 0.1) is 5.41 Å². The van der Waals surface area contributed by atoms with Crippen molar-refractivity contribution in [1.29, 1.82) is 0 Å². The Morgan fingerprint density at radius 1 is 1.36 bits per heavy atom. The van der Waals surface area contributed by atoms with E-state index in [1.165, 1.54) is 12.8 Å². The summed E-state index contributed by atoms with van der Waals surface area (Å²) >= 11 is 0. The molecule has 0 unspecified atom stereocenters. The van der Waals surface area contributed by atoms with Gasteiger partial charge >= 0.3 is 0 Å². The minimum absolute atomic E-state index is 0.425. The first kappa shape index (κ1) is 11.2. The average molecular weight is 195 g/mol. The standard InChI is InChI=1S/C11H21N3/c1-5-10-9-14(13-12-10)8-6-7-11(2,3)4/h9H,5-8H2,1-4H3. The van der Waals surface area contributed by atoms with Crippen molar-refractivity contribution in [3.05, 3.63) is 11.9 Å². The molecule has 0 fully saturated rings. The van der Waals surface area contributed by atoms with Gasteiger partial charge in [-0.15, -0.1) is 5.10 Å². The van der Waals surface area contributed by atoms with Crippen LogP contribution in [0.1, 0.15) is 46.2 Å². The molecule has 0 radical (unpaired) electrons. The molecular formula is C11H21N3. The maximum Gasteiger partial charge on any atom is 0.0824 e. The highest BCUT2D eigenvalue weighted by molar-refractivity contribution is 4.90. The molecule has 1 aromatic heterocycles. The number of nitrogens with zero attached hydrogens (tertiary/aromatic N) is 3. The van der Waals surface area contributed by atoms with Crippen molar-refractivity contribution in [3.63, 3.8) is 0 Å². The molecule has 1 aromatic rings. The van der Waals surface area contributed by atoms with E-state index in [1.54, 1.807) is 0 Å². The summed E-state index contributed by atoms with van der Waals surface area (Å²) in [6, 6.07) is 0. The zero-order chi connectivity index (χ0) is 10.6. The maximum atomic E-state index is 4.07. The fourth-order valence-corrected chi connectivity index (χ4v) is 1.38. The van der Waals surface area contributed by atoms with Gasteiger partial charge in [0.2, 0.25) is 0 Å². The summed E-state index contributed by atoms with van der Waals surface area (Å²) in [5.41, 5.74) is 1.51. The van der Waals surface area contributed by atoms with Crippen LogP contribution in [0.4, 0.5) is 0 Å². The van der Waals surface area contributed by atoms with Crippen molar-refractivity contribution in [3.8, 4) is 0 Å². The summed E-state index contributed by atoms with van der Waals surface area (Å²) in [6.07, 6.45) is 5.42. The van der Waals surface area contributed by atoms with Crippen LogP contribution >= 0.6 is 0 Å². The fraction of sp³-hybridized carbons (Fsp3) is 0.818. The quantitative estimate of drug-likeness (QED) is 0.739. The van der Waals surface area contributed by atoms with Gasteiger partial charge in [0.15, 0.2) is 0 Å². The van der Waals surface area contributed by atoms with Gasteiger partial charge in [-0.2, -0.15) is 0 Å². The van der Waals surface area contributed by atoms with Crippen LogP contribution in [0.2, 0.25) is 0 Å². The molecule has 0 saturated carbocycles. The highest BCUT2D eigenvalue weighted by Gasteiger charge is 2.09. The molecule has 14 heavy (non-hydrogen) atoms. The topological polar surface area (TPSA) is 30.7 Å². The lowest BCUT2D eigenvalue weighted by Crippen LogP contribution is -2.07. The van der Waals surface area contributed by atoms with E-state index in [1.807, 2.05) is 10.9 Å². The summed E-state index contributed by atoms with van der Waals surface area (Å²) in [6.45, 7) is 9.90. The van der Waals surface area contributed by atoms with Gasteiger partial charge in [0, 0.05) is 12.7 Å². The Hall–Kier alpha value is -0.860. The van der Waals surface area contributed by atoms with Gasteiger partial charge < -0.3 is 0 Å². The summed E-state index contributed by atoms with van der Waals surface area (Å²) in [7, 11) is 0. The molecule has 1 rings (SSSR count). The van der Waals surface area contributed by atoms with E-state index in [4.69, 9.17) is 0 Å². The zero-order valence-electron chi connectivity index (χ0n) is 9.75.